The SMILES string of the molecule is CC1(NC(=O)C(F)(F)F)COC(c2nc(-c3ccncc3)c(-c3ccc(F)cc3)[nH]2)OC1. The van der Waals surface area contributed by atoms with Crippen molar-refractivity contribution in [1.82, 2.24) is 20.3 Å². The Balaban J connectivity index is 1.59. The summed E-state index contributed by atoms with van der Waals surface area (Å²) in [6.07, 6.45) is -2.81. The Labute approximate surface area is 179 Å². The molecule has 1 aliphatic rings. The maximum Gasteiger partial charge on any atom is 0.471 e. The molecule has 7 nitrogen and oxygen atoms in total. The van der Waals surface area contributed by atoms with Crippen LogP contribution in [0.5, 0.6) is 0 Å². The molecular formula is C21H18F4N4O3. The first-order chi connectivity index (χ1) is 15.1. The molecular weight excluding hydrogens is 432 g/mol. The predicted octanol–water partition coefficient (Wildman–Crippen LogP) is 3.76. The van der Waals surface area contributed by atoms with Crippen LogP contribution >= 0.6 is 0 Å². The van der Waals surface area contributed by atoms with Gasteiger partial charge in [0.15, 0.2) is 5.82 Å². The minimum atomic E-state index is -5.01. The number of aromatic amines is 1. The van der Waals surface area contributed by atoms with Crippen LogP contribution in [0.25, 0.3) is 22.5 Å². The zero-order valence-corrected chi connectivity index (χ0v) is 16.7. The Hall–Kier alpha value is -3.31. The molecule has 0 bridgehead atoms. The third-order valence-electron chi connectivity index (χ3n) is 4.81. The molecule has 0 saturated carbocycles. The fourth-order valence-electron chi connectivity index (χ4n) is 3.23. The molecule has 3 aromatic rings. The zero-order valence-electron chi connectivity index (χ0n) is 16.7. The highest BCUT2D eigenvalue weighted by Crippen LogP contribution is 2.34. The van der Waals surface area contributed by atoms with Gasteiger partial charge in [0.25, 0.3) is 0 Å². The summed E-state index contributed by atoms with van der Waals surface area (Å²) in [6, 6.07) is 9.30. The van der Waals surface area contributed by atoms with Gasteiger partial charge in [-0.15, -0.1) is 0 Å². The van der Waals surface area contributed by atoms with E-state index in [-0.39, 0.29) is 19.0 Å². The van der Waals surface area contributed by atoms with Crippen LogP contribution in [0, 0.1) is 5.82 Å². The summed E-state index contributed by atoms with van der Waals surface area (Å²) in [7, 11) is 0. The highest BCUT2D eigenvalue weighted by Gasteiger charge is 2.44. The molecule has 1 amide bonds. The Kier molecular flexibility index (Phi) is 5.70. The van der Waals surface area contributed by atoms with E-state index in [4.69, 9.17) is 9.47 Å². The molecule has 0 atom stereocenters. The third-order valence-corrected chi connectivity index (χ3v) is 4.81. The van der Waals surface area contributed by atoms with E-state index >= 15 is 0 Å². The van der Waals surface area contributed by atoms with E-state index in [0.29, 0.717) is 17.0 Å². The van der Waals surface area contributed by atoms with Gasteiger partial charge in [0.05, 0.1) is 30.1 Å². The molecule has 2 aromatic heterocycles. The van der Waals surface area contributed by atoms with E-state index in [9.17, 15) is 22.4 Å². The zero-order chi connectivity index (χ0) is 22.9. The molecule has 0 spiro atoms. The van der Waals surface area contributed by atoms with Gasteiger partial charge in [0.2, 0.25) is 6.29 Å². The Morgan fingerprint density at radius 2 is 1.72 bits per heavy atom. The number of ether oxygens (including phenoxy) is 2. The fourth-order valence-corrected chi connectivity index (χ4v) is 3.23. The molecule has 0 unspecified atom stereocenters. The van der Waals surface area contributed by atoms with E-state index in [1.165, 1.54) is 19.1 Å². The number of nitrogens with zero attached hydrogens (tertiary/aromatic N) is 2. The number of nitrogens with one attached hydrogen (secondary N) is 2. The molecule has 2 N–H and O–H groups in total. The van der Waals surface area contributed by atoms with E-state index in [2.05, 4.69) is 15.0 Å². The lowest BCUT2D eigenvalue weighted by atomic mass is 10.0. The molecule has 1 aliphatic heterocycles. The van der Waals surface area contributed by atoms with Gasteiger partial charge >= 0.3 is 12.1 Å². The summed E-state index contributed by atoms with van der Waals surface area (Å²) < 4.78 is 62.3. The van der Waals surface area contributed by atoms with Gasteiger partial charge in [-0.1, -0.05) is 0 Å². The van der Waals surface area contributed by atoms with Crippen molar-refractivity contribution in [2.75, 3.05) is 13.2 Å². The van der Waals surface area contributed by atoms with Crippen LogP contribution in [0.4, 0.5) is 17.6 Å². The van der Waals surface area contributed by atoms with Gasteiger partial charge in [-0.3, -0.25) is 9.78 Å². The highest BCUT2D eigenvalue weighted by molar-refractivity contribution is 5.82. The number of amides is 1. The van der Waals surface area contributed by atoms with E-state index in [1.54, 1.807) is 36.7 Å². The lowest BCUT2D eigenvalue weighted by molar-refractivity contribution is -0.222. The molecule has 4 rings (SSSR count). The predicted molar refractivity (Wildman–Crippen MR) is 104 cm³/mol. The smallest absolute Gasteiger partial charge is 0.343 e. The lowest BCUT2D eigenvalue weighted by Crippen LogP contribution is -2.58. The van der Waals surface area contributed by atoms with Gasteiger partial charge in [-0.05, 0) is 43.3 Å². The minimum absolute atomic E-state index is 0.226. The molecule has 32 heavy (non-hydrogen) atoms. The van der Waals surface area contributed by atoms with Crippen molar-refractivity contribution < 1.29 is 31.8 Å². The average molecular weight is 450 g/mol. The first-order valence-corrected chi connectivity index (χ1v) is 9.53. The van der Waals surface area contributed by atoms with Gasteiger partial charge in [-0.2, -0.15) is 13.2 Å². The molecule has 0 aliphatic carbocycles. The van der Waals surface area contributed by atoms with Gasteiger partial charge in [0.1, 0.15) is 5.82 Å². The summed E-state index contributed by atoms with van der Waals surface area (Å²) in [5.41, 5.74) is 1.16. The summed E-state index contributed by atoms with van der Waals surface area (Å²) in [5, 5.41) is 1.89. The molecule has 1 aromatic carbocycles. The Morgan fingerprint density at radius 3 is 2.31 bits per heavy atom. The van der Waals surface area contributed by atoms with E-state index < -0.39 is 29.7 Å². The number of pyridine rings is 1. The van der Waals surface area contributed by atoms with Crippen LogP contribution in [-0.4, -0.2) is 45.8 Å². The molecule has 0 radical (unpaired) electrons. The number of hydrogen-bond donors (Lipinski definition) is 2. The molecule has 3 heterocycles. The van der Waals surface area contributed by atoms with Crippen LogP contribution in [0.1, 0.15) is 19.0 Å². The summed E-state index contributed by atoms with van der Waals surface area (Å²) >= 11 is 0. The number of rotatable bonds is 4. The van der Waals surface area contributed by atoms with Crippen LogP contribution in [0.2, 0.25) is 0 Å². The van der Waals surface area contributed by atoms with Crippen LogP contribution in [0.15, 0.2) is 48.8 Å². The van der Waals surface area contributed by atoms with Crippen molar-refractivity contribution in [2.24, 2.45) is 0 Å². The second kappa shape index (κ2) is 8.32. The lowest BCUT2D eigenvalue weighted by Gasteiger charge is -2.37. The number of alkyl halides is 3. The normalized spacial score (nSPS) is 21.3. The van der Waals surface area contributed by atoms with Gasteiger partial charge in [-0.25, -0.2) is 9.37 Å². The van der Waals surface area contributed by atoms with Crippen LogP contribution in [-0.2, 0) is 14.3 Å². The highest BCUT2D eigenvalue weighted by atomic mass is 19.4. The molecule has 168 valence electrons. The topological polar surface area (TPSA) is 89.1 Å². The number of carbonyl (C=O) groups excluding carboxylic acids is 1. The third kappa shape index (κ3) is 4.63. The summed E-state index contributed by atoms with van der Waals surface area (Å²) in [4.78, 5) is 22.9. The number of benzene rings is 1. The van der Waals surface area contributed by atoms with Crippen molar-refractivity contribution in [3.05, 3.63) is 60.4 Å². The van der Waals surface area contributed by atoms with E-state index in [0.717, 1.165) is 5.56 Å². The summed E-state index contributed by atoms with van der Waals surface area (Å²) in [5.74, 6) is -2.18. The van der Waals surface area contributed by atoms with Crippen molar-refractivity contribution in [1.29, 1.82) is 0 Å². The van der Waals surface area contributed by atoms with E-state index in [1.807, 2.05) is 5.32 Å². The standard InChI is InChI=1S/C21H18F4N4O3/c1-20(29-19(30)21(23,24)25)10-31-18(32-11-20)17-27-15(12-2-4-14(22)5-3-12)16(28-17)13-6-8-26-9-7-13/h2-9,18H,10-11H2,1H3,(H,27,28)(H,29,30). The van der Waals surface area contributed by atoms with Crippen LogP contribution in [0.3, 0.4) is 0 Å². The number of carbonyl (C=O) groups is 1. The largest absolute Gasteiger partial charge is 0.471 e. The second-order valence-electron chi connectivity index (χ2n) is 7.55. The van der Waals surface area contributed by atoms with Gasteiger partial charge < -0.3 is 19.8 Å². The first-order valence-electron chi connectivity index (χ1n) is 9.53. The molecule has 1 saturated heterocycles. The Morgan fingerprint density at radius 1 is 1.09 bits per heavy atom. The average Bonchev–Trinajstić information content (AvgIpc) is 3.20. The van der Waals surface area contributed by atoms with Crippen molar-refractivity contribution in [3.63, 3.8) is 0 Å². The summed E-state index contributed by atoms with van der Waals surface area (Å²) in [6.45, 7) is 0.939. The van der Waals surface area contributed by atoms with Gasteiger partial charge in [0, 0.05) is 23.5 Å². The minimum Gasteiger partial charge on any atom is -0.343 e. The second-order valence-corrected chi connectivity index (χ2v) is 7.55. The number of H-pyrrole nitrogens is 1. The van der Waals surface area contributed by atoms with Crippen molar-refractivity contribution in [2.45, 2.75) is 24.9 Å². The monoisotopic (exact) mass is 450 g/mol. The van der Waals surface area contributed by atoms with Crippen molar-refractivity contribution >= 4 is 5.91 Å². The van der Waals surface area contributed by atoms with Crippen molar-refractivity contribution in [3.8, 4) is 22.5 Å². The van der Waals surface area contributed by atoms with Crippen LogP contribution < -0.4 is 5.32 Å². The number of imidazole rings is 1. The Bertz CT molecular complexity index is 1090. The fraction of sp³-hybridized carbons (Fsp3) is 0.286. The number of halogens is 4. The maximum atomic E-state index is 13.4. The molecule has 1 fully saturated rings. The first kappa shape index (κ1) is 21.9. The maximum absolute atomic E-state index is 13.4. The number of hydrogen-bond acceptors (Lipinski definition) is 5. The molecule has 11 heteroatoms. The quantitative estimate of drug-likeness (QED) is 0.591. The number of aromatic nitrogens is 3.